The minimum absolute atomic E-state index is 1.14. The maximum atomic E-state index is 3.04. The Balaban J connectivity index is 0.000000112. The lowest BCUT2D eigenvalue weighted by molar-refractivity contribution is 0.907. The molecule has 2 rings (SSSR count). The molecule has 62 valence electrons. The third-order valence-electron chi connectivity index (χ3n) is 1.96. The van der Waals surface area contributed by atoms with Crippen molar-refractivity contribution >= 4 is 0 Å². The molecule has 1 aliphatic heterocycles. The Labute approximate surface area is 69.2 Å². The summed E-state index contributed by atoms with van der Waals surface area (Å²) in [6.45, 7) is 3.34. The Morgan fingerprint density at radius 3 is 2.45 bits per heavy atom. The highest BCUT2D eigenvalue weighted by Gasteiger charge is 1.95. The Bertz CT molecular complexity index is 150. The van der Waals surface area contributed by atoms with E-state index >= 15 is 0 Å². The van der Waals surface area contributed by atoms with E-state index in [1.54, 1.807) is 5.57 Å². The van der Waals surface area contributed by atoms with Crippen LogP contribution in [0.3, 0.4) is 0 Å². The van der Waals surface area contributed by atoms with Crippen LogP contribution in [0.15, 0.2) is 23.9 Å². The summed E-state index contributed by atoms with van der Waals surface area (Å²) in [5.41, 5.74) is 1.58. The van der Waals surface area contributed by atoms with Gasteiger partial charge < -0.3 is 5.32 Å². The normalized spacial score (nSPS) is 20.3. The zero-order valence-electron chi connectivity index (χ0n) is 7.27. The molecular formula is C10H17N. The molecule has 1 heteroatoms. The highest BCUT2D eigenvalue weighted by Crippen LogP contribution is 2.15. The SMILES string of the molecule is C1=CNCC1.CC1=CCCC1. The summed E-state index contributed by atoms with van der Waals surface area (Å²) in [7, 11) is 0. The Kier molecular flexibility index (Phi) is 3.81. The van der Waals surface area contributed by atoms with E-state index in [1.807, 2.05) is 6.20 Å². The van der Waals surface area contributed by atoms with Crippen LogP contribution < -0.4 is 5.32 Å². The maximum absolute atomic E-state index is 3.04. The molecule has 1 heterocycles. The van der Waals surface area contributed by atoms with E-state index in [4.69, 9.17) is 0 Å². The van der Waals surface area contributed by atoms with Gasteiger partial charge in [0.1, 0.15) is 0 Å². The number of allylic oxidation sites excluding steroid dienone is 2. The smallest absolute Gasteiger partial charge is 0.0176 e. The molecule has 0 aromatic rings. The van der Waals surface area contributed by atoms with Crippen LogP contribution in [0.4, 0.5) is 0 Å². The quantitative estimate of drug-likeness (QED) is 0.525. The first kappa shape index (κ1) is 8.38. The lowest BCUT2D eigenvalue weighted by Gasteiger charge is -1.79. The fraction of sp³-hybridized carbons (Fsp3) is 0.600. The third kappa shape index (κ3) is 3.87. The van der Waals surface area contributed by atoms with Gasteiger partial charge in [-0.2, -0.15) is 0 Å². The average molecular weight is 151 g/mol. The van der Waals surface area contributed by atoms with Gasteiger partial charge in [0.2, 0.25) is 0 Å². The van der Waals surface area contributed by atoms with Gasteiger partial charge in [0.05, 0.1) is 0 Å². The summed E-state index contributed by atoms with van der Waals surface area (Å²) < 4.78 is 0. The van der Waals surface area contributed by atoms with E-state index in [0.29, 0.717) is 0 Å². The molecule has 0 atom stereocenters. The zero-order valence-corrected chi connectivity index (χ0v) is 7.27. The molecule has 0 fully saturated rings. The Morgan fingerprint density at radius 1 is 1.36 bits per heavy atom. The van der Waals surface area contributed by atoms with Gasteiger partial charge in [0, 0.05) is 6.54 Å². The molecular weight excluding hydrogens is 134 g/mol. The predicted molar refractivity (Wildman–Crippen MR) is 49.4 cm³/mol. The fourth-order valence-electron chi connectivity index (χ4n) is 1.25. The summed E-state index contributed by atoms with van der Waals surface area (Å²) in [4.78, 5) is 0. The molecule has 0 bridgehead atoms. The third-order valence-corrected chi connectivity index (χ3v) is 1.96. The van der Waals surface area contributed by atoms with Gasteiger partial charge in [-0.25, -0.2) is 0 Å². The van der Waals surface area contributed by atoms with Crippen molar-refractivity contribution in [2.45, 2.75) is 32.6 Å². The van der Waals surface area contributed by atoms with Crippen LogP contribution in [0.1, 0.15) is 32.6 Å². The van der Waals surface area contributed by atoms with E-state index in [0.717, 1.165) is 6.54 Å². The molecule has 1 N–H and O–H groups in total. The second-order valence-corrected chi connectivity index (χ2v) is 3.09. The highest BCUT2D eigenvalue weighted by molar-refractivity contribution is 5.02. The van der Waals surface area contributed by atoms with Crippen molar-refractivity contribution in [2.24, 2.45) is 0 Å². The van der Waals surface area contributed by atoms with Gasteiger partial charge in [-0.15, -0.1) is 0 Å². The van der Waals surface area contributed by atoms with Crippen molar-refractivity contribution in [3.63, 3.8) is 0 Å². The fourth-order valence-corrected chi connectivity index (χ4v) is 1.25. The monoisotopic (exact) mass is 151 g/mol. The average Bonchev–Trinajstić information content (AvgIpc) is 2.57. The topological polar surface area (TPSA) is 12.0 Å². The van der Waals surface area contributed by atoms with Crippen molar-refractivity contribution < 1.29 is 0 Å². The molecule has 0 radical (unpaired) electrons. The second kappa shape index (κ2) is 5.00. The van der Waals surface area contributed by atoms with Gasteiger partial charge >= 0.3 is 0 Å². The predicted octanol–water partition coefficient (Wildman–Crippen LogP) is 2.61. The number of hydrogen-bond donors (Lipinski definition) is 1. The van der Waals surface area contributed by atoms with E-state index in [9.17, 15) is 0 Å². The van der Waals surface area contributed by atoms with Crippen molar-refractivity contribution in [1.82, 2.24) is 5.32 Å². The zero-order chi connectivity index (χ0) is 7.94. The molecule has 0 unspecified atom stereocenters. The van der Waals surface area contributed by atoms with Crippen LogP contribution in [-0.2, 0) is 0 Å². The van der Waals surface area contributed by atoms with Crippen LogP contribution >= 0.6 is 0 Å². The lowest BCUT2D eigenvalue weighted by atomic mass is 10.3. The highest BCUT2D eigenvalue weighted by atomic mass is 14.8. The van der Waals surface area contributed by atoms with Crippen LogP contribution in [-0.4, -0.2) is 6.54 Å². The Hall–Kier alpha value is -0.720. The van der Waals surface area contributed by atoms with Crippen molar-refractivity contribution in [1.29, 1.82) is 0 Å². The van der Waals surface area contributed by atoms with Crippen molar-refractivity contribution in [3.05, 3.63) is 23.9 Å². The summed E-state index contributed by atoms with van der Waals surface area (Å²) in [6, 6.07) is 0. The van der Waals surface area contributed by atoms with Gasteiger partial charge in [-0.1, -0.05) is 17.7 Å². The van der Waals surface area contributed by atoms with Gasteiger partial charge in [0.25, 0.3) is 0 Å². The second-order valence-electron chi connectivity index (χ2n) is 3.09. The van der Waals surface area contributed by atoms with Crippen LogP contribution in [0.25, 0.3) is 0 Å². The number of nitrogens with one attached hydrogen (secondary N) is 1. The summed E-state index contributed by atoms with van der Waals surface area (Å²) in [5, 5.41) is 3.04. The van der Waals surface area contributed by atoms with Gasteiger partial charge in [-0.3, -0.25) is 0 Å². The molecule has 0 amide bonds. The molecule has 1 aliphatic carbocycles. The summed E-state index contributed by atoms with van der Waals surface area (Å²) in [5.74, 6) is 0. The van der Waals surface area contributed by atoms with Crippen LogP contribution in [0.2, 0.25) is 0 Å². The van der Waals surface area contributed by atoms with E-state index < -0.39 is 0 Å². The molecule has 1 nitrogen and oxygen atoms in total. The molecule has 11 heavy (non-hydrogen) atoms. The molecule has 2 aliphatic rings. The Morgan fingerprint density at radius 2 is 2.27 bits per heavy atom. The molecule has 0 aromatic carbocycles. The molecule has 0 spiro atoms. The van der Waals surface area contributed by atoms with Gasteiger partial charge in [-0.05, 0) is 38.8 Å². The first-order chi connectivity index (χ1) is 5.39. The number of rotatable bonds is 0. The molecule has 0 aromatic heterocycles. The van der Waals surface area contributed by atoms with Crippen molar-refractivity contribution in [3.8, 4) is 0 Å². The maximum Gasteiger partial charge on any atom is 0.0176 e. The first-order valence-electron chi connectivity index (χ1n) is 4.43. The van der Waals surface area contributed by atoms with Crippen LogP contribution in [0, 0.1) is 0 Å². The van der Waals surface area contributed by atoms with Crippen LogP contribution in [0.5, 0.6) is 0 Å². The van der Waals surface area contributed by atoms with E-state index in [-0.39, 0.29) is 0 Å². The van der Waals surface area contributed by atoms with Crippen molar-refractivity contribution in [2.75, 3.05) is 6.54 Å². The molecule has 0 saturated carbocycles. The minimum atomic E-state index is 1.14. The molecule has 0 saturated heterocycles. The lowest BCUT2D eigenvalue weighted by Crippen LogP contribution is -1.96. The standard InChI is InChI=1S/C6H10.C4H7N/c1-6-4-2-3-5-6;1-2-4-5-3-1/h4H,2-3,5H2,1H3;1,3,5H,2,4H2. The minimum Gasteiger partial charge on any atom is -0.391 e. The number of hydrogen-bond acceptors (Lipinski definition) is 1. The van der Waals surface area contributed by atoms with E-state index in [1.165, 1.54) is 25.7 Å². The summed E-state index contributed by atoms with van der Waals surface area (Å²) in [6.07, 6.45) is 11.7. The first-order valence-corrected chi connectivity index (χ1v) is 4.43. The van der Waals surface area contributed by atoms with E-state index in [2.05, 4.69) is 24.4 Å². The van der Waals surface area contributed by atoms with Gasteiger partial charge in [0.15, 0.2) is 0 Å². The summed E-state index contributed by atoms with van der Waals surface area (Å²) >= 11 is 0. The largest absolute Gasteiger partial charge is 0.391 e.